The highest BCUT2D eigenvalue weighted by atomic mass is 32.1. The van der Waals surface area contributed by atoms with Gasteiger partial charge in [-0.3, -0.25) is 5.43 Å². The normalized spacial score (nSPS) is 10.8. The second-order valence-electron chi connectivity index (χ2n) is 3.39. The van der Waals surface area contributed by atoms with Crippen LogP contribution in [0.1, 0.15) is 18.9 Å². The monoisotopic (exact) mass is 247 g/mol. The number of hydrogen-bond acceptors (Lipinski definition) is 2. The van der Waals surface area contributed by atoms with Crippen molar-refractivity contribution in [1.82, 2.24) is 10.7 Å². The second kappa shape index (κ2) is 7.57. The molecule has 0 spiro atoms. The molecule has 1 aromatic carbocycles. The second-order valence-corrected chi connectivity index (χ2v) is 3.80. The molecule has 0 atom stereocenters. The highest BCUT2D eigenvalue weighted by Crippen LogP contribution is 2.03. The lowest BCUT2D eigenvalue weighted by Crippen LogP contribution is -2.32. The molecule has 0 saturated heterocycles. The van der Waals surface area contributed by atoms with Gasteiger partial charge in [-0.05, 0) is 24.2 Å². The zero-order valence-electron chi connectivity index (χ0n) is 9.94. The van der Waals surface area contributed by atoms with Gasteiger partial charge < -0.3 is 5.32 Å². The Morgan fingerprint density at radius 3 is 2.71 bits per heavy atom. The van der Waals surface area contributed by atoms with Crippen molar-refractivity contribution < 1.29 is 0 Å². The van der Waals surface area contributed by atoms with Gasteiger partial charge in [-0.2, -0.15) is 5.10 Å². The molecule has 4 heteroatoms. The first-order valence-corrected chi connectivity index (χ1v) is 5.95. The molecule has 0 aliphatic heterocycles. The van der Waals surface area contributed by atoms with E-state index in [0.29, 0.717) is 11.7 Å². The lowest BCUT2D eigenvalue weighted by Gasteiger charge is -2.07. The maximum Gasteiger partial charge on any atom is 0.187 e. The van der Waals surface area contributed by atoms with Crippen molar-refractivity contribution in [3.63, 3.8) is 0 Å². The number of hydrogen-bond donors (Lipinski definition) is 2. The predicted molar refractivity (Wildman–Crippen MR) is 77.2 cm³/mol. The Morgan fingerprint density at radius 2 is 2.12 bits per heavy atom. The van der Waals surface area contributed by atoms with E-state index in [0.717, 1.165) is 17.7 Å². The smallest absolute Gasteiger partial charge is 0.187 e. The molecule has 0 bridgehead atoms. The predicted octanol–water partition coefficient (Wildman–Crippen LogP) is 2.45. The Bertz CT molecular complexity index is 398. The first kappa shape index (κ1) is 13.4. The average Bonchev–Trinajstić information content (AvgIpc) is 2.38. The largest absolute Gasteiger partial charge is 0.358 e. The van der Waals surface area contributed by atoms with Gasteiger partial charge in [-0.15, -0.1) is 6.58 Å². The minimum atomic E-state index is 0.506. The molecule has 0 saturated carbocycles. The summed E-state index contributed by atoms with van der Waals surface area (Å²) in [6.45, 7) is 6.30. The van der Waals surface area contributed by atoms with Gasteiger partial charge >= 0.3 is 0 Å². The van der Waals surface area contributed by atoms with Crippen LogP contribution in [0.2, 0.25) is 0 Å². The van der Waals surface area contributed by atoms with E-state index in [1.165, 1.54) is 0 Å². The highest BCUT2D eigenvalue weighted by Gasteiger charge is 2.00. The summed E-state index contributed by atoms with van der Waals surface area (Å²) in [7, 11) is 0. The Labute approximate surface area is 108 Å². The maximum absolute atomic E-state index is 5.06. The summed E-state index contributed by atoms with van der Waals surface area (Å²) in [6.07, 6.45) is 2.59. The zero-order chi connectivity index (χ0) is 12.5. The van der Waals surface area contributed by atoms with Crippen LogP contribution in [-0.2, 0) is 0 Å². The Kier molecular flexibility index (Phi) is 5.96. The molecule has 2 N–H and O–H groups in total. The molecule has 0 aliphatic rings. The molecule has 0 fully saturated rings. The molecule has 0 amide bonds. The Morgan fingerprint density at radius 1 is 1.41 bits per heavy atom. The van der Waals surface area contributed by atoms with Crippen LogP contribution in [0, 0.1) is 0 Å². The molecule has 0 heterocycles. The van der Waals surface area contributed by atoms with E-state index in [2.05, 4.69) is 29.3 Å². The van der Waals surface area contributed by atoms with Gasteiger partial charge in [0.15, 0.2) is 5.11 Å². The lowest BCUT2D eigenvalue weighted by molar-refractivity contribution is 0.931. The first-order valence-electron chi connectivity index (χ1n) is 5.54. The highest BCUT2D eigenvalue weighted by molar-refractivity contribution is 7.80. The summed E-state index contributed by atoms with van der Waals surface area (Å²) >= 11 is 5.06. The lowest BCUT2D eigenvalue weighted by atomic mass is 10.1. The third-order valence-corrected chi connectivity index (χ3v) is 2.38. The molecule has 0 aromatic heterocycles. The summed E-state index contributed by atoms with van der Waals surface area (Å²) in [5.41, 5.74) is 4.91. The molecule has 0 radical (unpaired) electrons. The van der Waals surface area contributed by atoms with Crippen LogP contribution in [0.25, 0.3) is 0 Å². The van der Waals surface area contributed by atoms with Gasteiger partial charge in [-0.25, -0.2) is 0 Å². The van der Waals surface area contributed by atoms with Crippen LogP contribution in [0.15, 0.2) is 48.1 Å². The van der Waals surface area contributed by atoms with E-state index in [1.54, 1.807) is 6.08 Å². The van der Waals surface area contributed by atoms with Crippen LogP contribution in [0.4, 0.5) is 0 Å². The number of nitrogens with zero attached hydrogens (tertiary/aromatic N) is 1. The van der Waals surface area contributed by atoms with E-state index in [-0.39, 0.29) is 0 Å². The van der Waals surface area contributed by atoms with Gasteiger partial charge in [0.1, 0.15) is 0 Å². The topological polar surface area (TPSA) is 36.4 Å². The quantitative estimate of drug-likeness (QED) is 0.363. The van der Waals surface area contributed by atoms with Crippen LogP contribution in [-0.4, -0.2) is 17.4 Å². The van der Waals surface area contributed by atoms with Crippen LogP contribution in [0.5, 0.6) is 0 Å². The van der Waals surface area contributed by atoms with Crippen molar-refractivity contribution in [3.05, 3.63) is 48.6 Å². The van der Waals surface area contributed by atoms with Crippen molar-refractivity contribution in [2.24, 2.45) is 5.10 Å². The number of hydrazone groups is 1. The standard InChI is InChI=1S/C13H17N3S/c1-3-10-14-13(17)16-15-12(4-2)11-8-6-5-7-9-11/h3,5-9H,1,4,10H2,2H3,(H2,14,16,17)/b15-12-. The fourth-order valence-electron chi connectivity index (χ4n) is 1.30. The van der Waals surface area contributed by atoms with Gasteiger partial charge in [0.25, 0.3) is 0 Å². The number of rotatable bonds is 5. The molecule has 1 aromatic rings. The summed E-state index contributed by atoms with van der Waals surface area (Å²) < 4.78 is 0. The van der Waals surface area contributed by atoms with Crippen molar-refractivity contribution in [2.45, 2.75) is 13.3 Å². The molecule has 0 aliphatic carbocycles. The molecule has 17 heavy (non-hydrogen) atoms. The van der Waals surface area contributed by atoms with E-state index in [9.17, 15) is 0 Å². The number of thiocarbonyl (C=S) groups is 1. The minimum Gasteiger partial charge on any atom is -0.358 e. The van der Waals surface area contributed by atoms with Gasteiger partial charge in [0.2, 0.25) is 0 Å². The molecule has 90 valence electrons. The van der Waals surface area contributed by atoms with Crippen LogP contribution >= 0.6 is 12.2 Å². The molecule has 3 nitrogen and oxygen atoms in total. The summed E-state index contributed by atoms with van der Waals surface area (Å²) in [5.74, 6) is 0. The Hall–Kier alpha value is -1.68. The fraction of sp³-hybridized carbons (Fsp3) is 0.231. The summed E-state index contributed by atoms with van der Waals surface area (Å²) in [6, 6.07) is 10.0. The summed E-state index contributed by atoms with van der Waals surface area (Å²) in [4.78, 5) is 0. The Balaban J connectivity index is 2.62. The van der Waals surface area contributed by atoms with Gasteiger partial charge in [0.05, 0.1) is 5.71 Å². The van der Waals surface area contributed by atoms with Gasteiger partial charge in [0, 0.05) is 6.54 Å². The maximum atomic E-state index is 5.06. The van der Waals surface area contributed by atoms with Crippen LogP contribution in [0.3, 0.4) is 0 Å². The third kappa shape index (κ3) is 4.78. The third-order valence-electron chi connectivity index (χ3n) is 2.14. The molecular formula is C13H17N3S. The fourth-order valence-corrected chi connectivity index (χ4v) is 1.43. The average molecular weight is 247 g/mol. The molecule has 1 rings (SSSR count). The van der Waals surface area contributed by atoms with Gasteiger partial charge in [-0.1, -0.05) is 43.3 Å². The van der Waals surface area contributed by atoms with Crippen LogP contribution < -0.4 is 10.7 Å². The SMILES string of the molecule is C=CCNC(=S)N/N=C(/CC)c1ccccc1. The first-order chi connectivity index (χ1) is 8.27. The van der Waals surface area contributed by atoms with E-state index >= 15 is 0 Å². The van der Waals surface area contributed by atoms with E-state index in [1.807, 2.05) is 30.3 Å². The van der Waals surface area contributed by atoms with Crippen molar-refractivity contribution in [3.8, 4) is 0 Å². The van der Waals surface area contributed by atoms with E-state index in [4.69, 9.17) is 12.2 Å². The van der Waals surface area contributed by atoms with Crippen molar-refractivity contribution >= 4 is 23.0 Å². The molecular weight excluding hydrogens is 230 g/mol. The number of nitrogens with one attached hydrogen (secondary N) is 2. The van der Waals surface area contributed by atoms with Crippen molar-refractivity contribution in [2.75, 3.05) is 6.54 Å². The van der Waals surface area contributed by atoms with Crippen molar-refractivity contribution in [1.29, 1.82) is 0 Å². The zero-order valence-corrected chi connectivity index (χ0v) is 10.8. The minimum absolute atomic E-state index is 0.506. The molecule has 0 unspecified atom stereocenters. The summed E-state index contributed by atoms with van der Waals surface area (Å²) in [5, 5.41) is 7.76. The number of benzene rings is 1. The van der Waals surface area contributed by atoms with E-state index < -0.39 is 0 Å².